The minimum atomic E-state index is -1.20. The Morgan fingerprint density at radius 1 is 0.763 bits per heavy atom. The van der Waals surface area contributed by atoms with Gasteiger partial charge in [-0.15, -0.1) is 0 Å². The van der Waals surface area contributed by atoms with Crippen molar-refractivity contribution in [2.24, 2.45) is 0 Å². The lowest BCUT2D eigenvalue weighted by atomic mass is 10.2. The second-order valence-corrected chi connectivity index (χ2v) is 8.34. The van der Waals surface area contributed by atoms with Gasteiger partial charge < -0.3 is 19.5 Å². The van der Waals surface area contributed by atoms with Crippen LogP contribution < -0.4 is 15.6 Å². The van der Waals surface area contributed by atoms with Gasteiger partial charge in [-0.1, -0.05) is 91.0 Å². The van der Waals surface area contributed by atoms with Gasteiger partial charge in [-0.25, -0.2) is 14.6 Å². The van der Waals surface area contributed by atoms with E-state index < -0.39 is 23.7 Å². The number of benzene rings is 3. The summed E-state index contributed by atoms with van der Waals surface area (Å²) < 4.78 is 17.5. The number of amides is 1. The molecule has 0 radical (unpaired) electrons. The Morgan fingerprint density at radius 2 is 1.29 bits per heavy atom. The Morgan fingerprint density at radius 3 is 1.84 bits per heavy atom. The van der Waals surface area contributed by atoms with Crippen molar-refractivity contribution in [1.29, 1.82) is 0 Å². The Kier molecular flexibility index (Phi) is 9.23. The maximum Gasteiger partial charge on any atom is 0.408 e. The van der Waals surface area contributed by atoms with Crippen LogP contribution in [-0.2, 0) is 40.6 Å². The van der Waals surface area contributed by atoms with E-state index in [2.05, 4.69) is 10.3 Å². The smallest absolute Gasteiger partial charge is 0.408 e. The average Bonchev–Trinajstić information content (AvgIpc) is 2.96. The standard InChI is InChI=1S/C29H27N3O6/c33-27-16-26(36-18-22-10-4-1-5-11-22)30-21-32(27)17-25(28(34)37-19-23-12-6-2-7-13-23)31-29(35)38-20-24-14-8-3-9-15-24/h1-16,21,25H,17-20H2,(H,31,35). The molecular formula is C29H27N3O6. The Labute approximate surface area is 219 Å². The van der Waals surface area contributed by atoms with Crippen LogP contribution >= 0.6 is 0 Å². The molecule has 1 amide bonds. The van der Waals surface area contributed by atoms with E-state index in [9.17, 15) is 14.4 Å². The third-order valence-electron chi connectivity index (χ3n) is 5.48. The molecule has 0 bridgehead atoms. The van der Waals surface area contributed by atoms with Crippen LogP contribution in [-0.4, -0.2) is 27.7 Å². The molecule has 0 fully saturated rings. The number of rotatable bonds is 11. The number of nitrogens with one attached hydrogen (secondary N) is 1. The van der Waals surface area contributed by atoms with E-state index in [-0.39, 0.29) is 32.2 Å². The molecule has 9 nitrogen and oxygen atoms in total. The fourth-order valence-corrected chi connectivity index (χ4v) is 3.47. The van der Waals surface area contributed by atoms with Gasteiger partial charge in [0.25, 0.3) is 5.56 Å². The maximum atomic E-state index is 12.9. The lowest BCUT2D eigenvalue weighted by molar-refractivity contribution is -0.147. The molecule has 1 unspecified atom stereocenters. The first-order valence-electron chi connectivity index (χ1n) is 12.0. The molecule has 4 rings (SSSR count). The first-order chi connectivity index (χ1) is 18.6. The van der Waals surface area contributed by atoms with E-state index in [1.807, 2.05) is 91.0 Å². The van der Waals surface area contributed by atoms with Crippen molar-refractivity contribution in [1.82, 2.24) is 14.9 Å². The summed E-state index contributed by atoms with van der Waals surface area (Å²) in [5.41, 5.74) is 2.05. The highest BCUT2D eigenvalue weighted by atomic mass is 16.6. The predicted octanol–water partition coefficient (Wildman–Crippen LogP) is 3.86. The lowest BCUT2D eigenvalue weighted by Gasteiger charge is -2.19. The number of hydrogen-bond acceptors (Lipinski definition) is 7. The minimum Gasteiger partial charge on any atom is -0.473 e. The molecule has 3 aromatic carbocycles. The number of alkyl carbamates (subject to hydrolysis) is 1. The maximum absolute atomic E-state index is 12.9. The molecule has 0 saturated heterocycles. The largest absolute Gasteiger partial charge is 0.473 e. The van der Waals surface area contributed by atoms with Crippen LogP contribution in [0.3, 0.4) is 0 Å². The van der Waals surface area contributed by atoms with Crippen LogP contribution in [0.4, 0.5) is 4.79 Å². The van der Waals surface area contributed by atoms with E-state index in [1.165, 1.54) is 17.0 Å². The molecule has 0 aliphatic heterocycles. The number of nitrogens with zero attached hydrogens (tertiary/aromatic N) is 2. The summed E-state index contributed by atoms with van der Waals surface area (Å²) in [6.07, 6.45) is 0.441. The van der Waals surface area contributed by atoms with E-state index in [0.29, 0.717) is 0 Å². The molecule has 0 saturated carbocycles. The molecule has 194 valence electrons. The van der Waals surface area contributed by atoms with Gasteiger partial charge in [0, 0.05) is 0 Å². The summed E-state index contributed by atoms with van der Waals surface area (Å²) in [4.78, 5) is 42.3. The molecular weight excluding hydrogens is 486 g/mol. The van der Waals surface area contributed by atoms with Gasteiger partial charge in [0.15, 0.2) is 0 Å². The Hall–Kier alpha value is -4.92. The van der Waals surface area contributed by atoms with Crippen molar-refractivity contribution in [3.63, 3.8) is 0 Å². The first kappa shape index (κ1) is 26.2. The molecule has 0 spiro atoms. The number of aromatic nitrogens is 2. The minimum absolute atomic E-state index is 0.0102. The SMILES string of the molecule is O=C(NC(Cn1cnc(OCc2ccccc2)cc1=O)C(=O)OCc1ccccc1)OCc1ccccc1. The molecule has 1 heterocycles. The Balaban J connectivity index is 1.41. The topological polar surface area (TPSA) is 109 Å². The van der Waals surface area contributed by atoms with E-state index in [0.717, 1.165) is 16.7 Å². The monoisotopic (exact) mass is 513 g/mol. The van der Waals surface area contributed by atoms with Gasteiger partial charge >= 0.3 is 12.1 Å². The quantitative estimate of drug-likeness (QED) is 0.303. The lowest BCUT2D eigenvalue weighted by Crippen LogP contribution is -2.46. The van der Waals surface area contributed by atoms with Crippen molar-refractivity contribution in [2.75, 3.05) is 0 Å². The zero-order valence-corrected chi connectivity index (χ0v) is 20.6. The highest BCUT2D eigenvalue weighted by Crippen LogP contribution is 2.08. The summed E-state index contributed by atoms with van der Waals surface area (Å²) in [5.74, 6) is -0.574. The highest BCUT2D eigenvalue weighted by molar-refractivity contribution is 5.81. The molecule has 0 aliphatic carbocycles. The van der Waals surface area contributed by atoms with E-state index >= 15 is 0 Å². The van der Waals surface area contributed by atoms with Crippen molar-refractivity contribution in [3.8, 4) is 5.88 Å². The van der Waals surface area contributed by atoms with Crippen molar-refractivity contribution in [3.05, 3.63) is 130 Å². The summed E-state index contributed by atoms with van der Waals surface area (Å²) in [5, 5.41) is 2.51. The summed E-state index contributed by atoms with van der Waals surface area (Å²) in [6.45, 7) is 0.0726. The van der Waals surface area contributed by atoms with Gasteiger partial charge in [-0.2, -0.15) is 0 Å². The first-order valence-corrected chi connectivity index (χ1v) is 12.0. The summed E-state index contributed by atoms with van der Waals surface area (Å²) >= 11 is 0. The summed E-state index contributed by atoms with van der Waals surface area (Å²) in [7, 11) is 0. The fourth-order valence-electron chi connectivity index (χ4n) is 3.47. The van der Waals surface area contributed by atoms with Gasteiger partial charge in [-0.3, -0.25) is 9.36 Å². The normalized spacial score (nSPS) is 11.3. The van der Waals surface area contributed by atoms with Gasteiger partial charge in [0.1, 0.15) is 32.2 Å². The molecule has 1 aromatic heterocycles. The Bertz CT molecular complexity index is 1380. The highest BCUT2D eigenvalue weighted by Gasteiger charge is 2.24. The van der Waals surface area contributed by atoms with Gasteiger partial charge in [0.2, 0.25) is 5.88 Å². The van der Waals surface area contributed by atoms with Crippen LogP contribution in [0.25, 0.3) is 0 Å². The number of ether oxygens (including phenoxy) is 3. The molecule has 9 heteroatoms. The van der Waals surface area contributed by atoms with Gasteiger partial charge in [0.05, 0.1) is 12.6 Å². The molecule has 1 N–H and O–H groups in total. The van der Waals surface area contributed by atoms with Crippen LogP contribution in [0.15, 0.2) is 108 Å². The van der Waals surface area contributed by atoms with E-state index in [1.54, 1.807) is 0 Å². The number of carbonyl (C=O) groups is 2. The zero-order chi connectivity index (χ0) is 26.6. The second kappa shape index (κ2) is 13.4. The predicted molar refractivity (Wildman–Crippen MR) is 139 cm³/mol. The van der Waals surface area contributed by atoms with Gasteiger partial charge in [-0.05, 0) is 16.7 Å². The number of hydrogen-bond donors (Lipinski definition) is 1. The molecule has 1 atom stereocenters. The van der Waals surface area contributed by atoms with Crippen LogP contribution in [0.5, 0.6) is 5.88 Å². The number of esters is 1. The van der Waals surface area contributed by atoms with Crippen LogP contribution in [0.1, 0.15) is 16.7 Å². The number of carbonyl (C=O) groups excluding carboxylic acids is 2. The third kappa shape index (κ3) is 8.06. The summed E-state index contributed by atoms with van der Waals surface area (Å²) in [6, 6.07) is 27.8. The average molecular weight is 514 g/mol. The molecule has 4 aromatic rings. The van der Waals surface area contributed by atoms with Crippen molar-refractivity contribution in [2.45, 2.75) is 32.4 Å². The van der Waals surface area contributed by atoms with Crippen molar-refractivity contribution >= 4 is 12.1 Å². The molecule has 0 aliphatic rings. The van der Waals surface area contributed by atoms with Crippen LogP contribution in [0, 0.1) is 0 Å². The fraction of sp³-hybridized carbons (Fsp3) is 0.172. The van der Waals surface area contributed by atoms with Crippen LogP contribution in [0.2, 0.25) is 0 Å². The molecule has 38 heavy (non-hydrogen) atoms. The van der Waals surface area contributed by atoms with E-state index in [4.69, 9.17) is 14.2 Å². The van der Waals surface area contributed by atoms with Crippen molar-refractivity contribution < 1.29 is 23.8 Å². The second-order valence-electron chi connectivity index (χ2n) is 8.34. The third-order valence-corrected chi connectivity index (χ3v) is 5.48. The zero-order valence-electron chi connectivity index (χ0n) is 20.6.